The van der Waals surface area contributed by atoms with Crippen molar-refractivity contribution in [1.29, 1.82) is 0 Å². The van der Waals surface area contributed by atoms with Crippen molar-refractivity contribution >= 4 is 11.7 Å². The second-order valence-corrected chi connectivity index (χ2v) is 9.27. The maximum absolute atomic E-state index is 13.1. The van der Waals surface area contributed by atoms with Gasteiger partial charge in [0.2, 0.25) is 5.88 Å². The molecule has 0 bridgehead atoms. The van der Waals surface area contributed by atoms with Gasteiger partial charge in [0.15, 0.2) is 5.78 Å². The first kappa shape index (κ1) is 26.1. The Bertz CT molecular complexity index is 1420. The second-order valence-electron chi connectivity index (χ2n) is 9.27. The Hall–Kier alpha value is -4.50. The summed E-state index contributed by atoms with van der Waals surface area (Å²) in [5.41, 5.74) is 2.46. The molecule has 9 heteroatoms. The van der Waals surface area contributed by atoms with Crippen LogP contribution in [0.3, 0.4) is 0 Å². The lowest BCUT2D eigenvalue weighted by atomic mass is 10.1. The van der Waals surface area contributed by atoms with Gasteiger partial charge in [0.25, 0.3) is 5.91 Å². The summed E-state index contributed by atoms with van der Waals surface area (Å²) in [5.74, 6) is -0.148. The van der Waals surface area contributed by atoms with Crippen molar-refractivity contribution in [3.05, 3.63) is 119 Å². The van der Waals surface area contributed by atoms with Crippen LogP contribution in [0.2, 0.25) is 0 Å². The highest BCUT2D eigenvalue weighted by molar-refractivity contribution is 5.97. The highest BCUT2D eigenvalue weighted by Gasteiger charge is 2.22. The molecule has 0 radical (unpaired) electrons. The van der Waals surface area contributed by atoms with Crippen molar-refractivity contribution < 1.29 is 23.1 Å². The van der Waals surface area contributed by atoms with Crippen LogP contribution in [0.5, 0.6) is 11.6 Å². The fraction of sp³-hybridized carbons (Fsp3) is 0.200. The van der Waals surface area contributed by atoms with Gasteiger partial charge in [-0.3, -0.25) is 19.5 Å². The van der Waals surface area contributed by atoms with Crippen molar-refractivity contribution in [2.75, 3.05) is 26.2 Å². The summed E-state index contributed by atoms with van der Waals surface area (Å²) in [7, 11) is 0. The molecule has 5 rings (SSSR count). The molecule has 1 aliphatic heterocycles. The third kappa shape index (κ3) is 6.88. The summed E-state index contributed by atoms with van der Waals surface area (Å²) in [6, 6.07) is 18.6. The number of hydrogen-bond acceptors (Lipinski definition) is 6. The van der Waals surface area contributed by atoms with Gasteiger partial charge in [-0.2, -0.15) is 0 Å². The maximum Gasteiger partial charge on any atom is 0.255 e. The summed E-state index contributed by atoms with van der Waals surface area (Å²) in [6.07, 6.45) is 3.00. The summed E-state index contributed by atoms with van der Waals surface area (Å²) < 4.78 is 31.7. The fourth-order valence-electron chi connectivity index (χ4n) is 4.29. The van der Waals surface area contributed by atoms with Gasteiger partial charge in [-0.1, -0.05) is 12.1 Å². The summed E-state index contributed by atoms with van der Waals surface area (Å²) >= 11 is 0. The second kappa shape index (κ2) is 11.9. The van der Waals surface area contributed by atoms with Crippen LogP contribution >= 0.6 is 0 Å². The largest absolute Gasteiger partial charge is 0.439 e. The molecule has 0 N–H and O–H groups in total. The van der Waals surface area contributed by atoms with E-state index in [-0.39, 0.29) is 35.6 Å². The van der Waals surface area contributed by atoms with Gasteiger partial charge in [0, 0.05) is 62.4 Å². The normalized spacial score (nSPS) is 13.7. The number of carbonyl (C=O) groups is 2. The lowest BCUT2D eigenvalue weighted by Crippen LogP contribution is -2.48. The van der Waals surface area contributed by atoms with Crippen molar-refractivity contribution in [1.82, 2.24) is 19.8 Å². The quantitative estimate of drug-likeness (QED) is 0.302. The molecule has 1 amide bonds. The SMILES string of the molecule is O=C(Cc1ccc(C(=O)N2CCN(Cc3ccc(F)cc3)CC2)cn1)c1ccc(Oc2ccc(F)cc2)nc1. The molecule has 4 aromatic rings. The van der Waals surface area contributed by atoms with E-state index in [1.54, 1.807) is 41.3 Å². The smallest absolute Gasteiger partial charge is 0.255 e. The van der Waals surface area contributed by atoms with Gasteiger partial charge >= 0.3 is 0 Å². The molecule has 0 unspecified atom stereocenters. The fourth-order valence-corrected chi connectivity index (χ4v) is 4.29. The van der Waals surface area contributed by atoms with Crippen molar-refractivity contribution in [3.8, 4) is 11.6 Å². The number of ketones is 1. The first-order valence-electron chi connectivity index (χ1n) is 12.6. The first-order valence-corrected chi connectivity index (χ1v) is 12.6. The van der Waals surface area contributed by atoms with Gasteiger partial charge in [-0.25, -0.2) is 13.8 Å². The van der Waals surface area contributed by atoms with E-state index >= 15 is 0 Å². The molecule has 0 aliphatic carbocycles. The zero-order valence-electron chi connectivity index (χ0n) is 21.1. The molecule has 1 aliphatic rings. The van der Waals surface area contributed by atoms with Crippen molar-refractivity contribution in [2.45, 2.75) is 13.0 Å². The average molecular weight is 529 g/mol. The molecule has 39 heavy (non-hydrogen) atoms. The molecule has 2 aromatic carbocycles. The van der Waals surface area contributed by atoms with Crippen LogP contribution in [0.1, 0.15) is 32.0 Å². The molecule has 7 nitrogen and oxygen atoms in total. The van der Waals surface area contributed by atoms with E-state index in [0.29, 0.717) is 42.2 Å². The molecule has 198 valence electrons. The minimum Gasteiger partial charge on any atom is -0.439 e. The van der Waals surface area contributed by atoms with E-state index in [9.17, 15) is 18.4 Å². The Morgan fingerprint density at radius 1 is 0.744 bits per heavy atom. The molecule has 0 saturated carbocycles. The molecule has 1 saturated heterocycles. The van der Waals surface area contributed by atoms with E-state index < -0.39 is 0 Å². The summed E-state index contributed by atoms with van der Waals surface area (Å²) in [6.45, 7) is 3.35. The zero-order valence-corrected chi connectivity index (χ0v) is 21.1. The zero-order chi connectivity index (χ0) is 27.2. The topological polar surface area (TPSA) is 75.6 Å². The average Bonchev–Trinajstić information content (AvgIpc) is 2.96. The number of carbonyl (C=O) groups excluding carboxylic acids is 2. The first-order chi connectivity index (χ1) is 18.9. The van der Waals surface area contributed by atoms with Gasteiger partial charge in [-0.05, 0) is 60.2 Å². The summed E-state index contributed by atoms with van der Waals surface area (Å²) in [5, 5.41) is 0. The van der Waals surface area contributed by atoms with E-state index in [1.807, 2.05) is 0 Å². The number of ether oxygens (including phenoxy) is 1. The van der Waals surface area contributed by atoms with Crippen LogP contribution in [-0.4, -0.2) is 57.6 Å². The van der Waals surface area contributed by atoms with E-state index in [1.165, 1.54) is 48.8 Å². The standard InChI is InChI=1S/C30H26F2N4O3/c31-24-5-1-21(2-6-24)20-35-13-15-36(16-14-35)30(38)23-3-9-26(33-19-23)17-28(37)22-4-12-29(34-18-22)39-27-10-7-25(32)8-11-27/h1-12,18-19H,13-17,20H2. The van der Waals surface area contributed by atoms with E-state index in [4.69, 9.17) is 4.74 Å². The van der Waals surface area contributed by atoms with Gasteiger partial charge < -0.3 is 9.64 Å². The van der Waals surface area contributed by atoms with Crippen LogP contribution in [0, 0.1) is 11.6 Å². The van der Waals surface area contributed by atoms with Crippen LogP contribution in [0.25, 0.3) is 0 Å². The lowest BCUT2D eigenvalue weighted by Gasteiger charge is -2.34. The van der Waals surface area contributed by atoms with Crippen LogP contribution in [0.4, 0.5) is 8.78 Å². The Labute approximate surface area is 224 Å². The Morgan fingerprint density at radius 2 is 1.38 bits per heavy atom. The van der Waals surface area contributed by atoms with Crippen LogP contribution < -0.4 is 4.74 Å². The number of nitrogens with zero attached hydrogens (tertiary/aromatic N) is 4. The Kier molecular flexibility index (Phi) is 7.98. The molecule has 0 atom stereocenters. The lowest BCUT2D eigenvalue weighted by molar-refractivity contribution is 0.0628. The third-order valence-electron chi connectivity index (χ3n) is 6.49. The molecule has 0 spiro atoms. The maximum atomic E-state index is 13.1. The number of aromatic nitrogens is 2. The van der Waals surface area contributed by atoms with Crippen molar-refractivity contribution in [2.24, 2.45) is 0 Å². The predicted octanol–water partition coefficient (Wildman–Crippen LogP) is 4.93. The molecular weight excluding hydrogens is 502 g/mol. The van der Waals surface area contributed by atoms with Crippen molar-refractivity contribution in [3.63, 3.8) is 0 Å². The number of pyridine rings is 2. The number of piperazine rings is 1. The van der Waals surface area contributed by atoms with E-state index in [0.717, 1.165) is 18.7 Å². The van der Waals surface area contributed by atoms with Gasteiger partial charge in [-0.15, -0.1) is 0 Å². The molecular formula is C30H26F2N4O3. The Balaban J connectivity index is 1.11. The Morgan fingerprint density at radius 3 is 2.00 bits per heavy atom. The minimum absolute atomic E-state index is 0.0658. The van der Waals surface area contributed by atoms with Crippen LogP contribution in [0.15, 0.2) is 85.2 Å². The van der Waals surface area contributed by atoms with Gasteiger partial charge in [0.05, 0.1) is 12.0 Å². The number of hydrogen-bond donors (Lipinski definition) is 0. The third-order valence-corrected chi connectivity index (χ3v) is 6.49. The molecule has 1 fully saturated rings. The minimum atomic E-state index is -0.361. The molecule has 3 heterocycles. The summed E-state index contributed by atoms with van der Waals surface area (Å²) in [4.78, 5) is 38.2. The molecule has 2 aromatic heterocycles. The predicted molar refractivity (Wildman–Crippen MR) is 141 cm³/mol. The number of benzene rings is 2. The number of rotatable bonds is 8. The van der Waals surface area contributed by atoms with Crippen LogP contribution in [-0.2, 0) is 13.0 Å². The van der Waals surface area contributed by atoms with E-state index in [2.05, 4.69) is 14.9 Å². The number of halogens is 2. The monoisotopic (exact) mass is 528 g/mol. The number of Topliss-reactive ketones (excluding diaryl/α,β-unsaturated/α-hetero) is 1. The number of amides is 1. The highest BCUT2D eigenvalue weighted by Crippen LogP contribution is 2.20. The van der Waals surface area contributed by atoms with Gasteiger partial charge in [0.1, 0.15) is 17.4 Å². The highest BCUT2D eigenvalue weighted by atomic mass is 19.1.